The van der Waals surface area contributed by atoms with E-state index < -0.39 is 0 Å². The van der Waals surface area contributed by atoms with Gasteiger partial charge in [-0.1, -0.05) is 49.4 Å². The maximum Gasteiger partial charge on any atom is 0.238 e. The predicted molar refractivity (Wildman–Crippen MR) is 86.3 cm³/mol. The van der Waals surface area contributed by atoms with Gasteiger partial charge in [-0.2, -0.15) is 0 Å². The number of nitrogens with zero attached hydrogens (tertiary/aromatic N) is 1. The van der Waals surface area contributed by atoms with E-state index >= 15 is 0 Å². The first-order valence-electron chi connectivity index (χ1n) is 7.70. The molecule has 3 heteroatoms. The van der Waals surface area contributed by atoms with Gasteiger partial charge >= 0.3 is 0 Å². The number of amides is 2. The molecule has 2 aromatic rings. The lowest BCUT2D eigenvalue weighted by atomic mass is 9.78. The van der Waals surface area contributed by atoms with Crippen molar-refractivity contribution in [2.75, 3.05) is 4.90 Å². The van der Waals surface area contributed by atoms with Crippen LogP contribution in [-0.4, -0.2) is 11.8 Å². The Morgan fingerprint density at radius 3 is 2.55 bits per heavy atom. The minimum absolute atomic E-state index is 0.0536. The second kappa shape index (κ2) is 4.80. The fourth-order valence-electron chi connectivity index (χ4n) is 3.72. The Labute approximate surface area is 129 Å². The molecule has 2 aromatic carbocycles. The topological polar surface area (TPSA) is 37.4 Å². The molecule has 0 radical (unpaired) electrons. The molecule has 22 heavy (non-hydrogen) atoms. The van der Waals surface area contributed by atoms with E-state index in [1.54, 1.807) is 0 Å². The highest BCUT2D eigenvalue weighted by atomic mass is 16.2. The zero-order chi connectivity index (χ0) is 15.3. The smallest absolute Gasteiger partial charge is 0.238 e. The van der Waals surface area contributed by atoms with E-state index in [1.165, 1.54) is 4.90 Å². The summed E-state index contributed by atoms with van der Waals surface area (Å²) in [4.78, 5) is 26.9. The van der Waals surface area contributed by atoms with Gasteiger partial charge < -0.3 is 0 Å². The van der Waals surface area contributed by atoms with Gasteiger partial charge in [-0.15, -0.1) is 0 Å². The fraction of sp³-hybridized carbons (Fsp3) is 0.263. The van der Waals surface area contributed by atoms with Gasteiger partial charge in [0.1, 0.15) is 0 Å². The van der Waals surface area contributed by atoms with Crippen LogP contribution in [0.25, 0.3) is 10.8 Å². The first-order valence-corrected chi connectivity index (χ1v) is 7.70. The minimum Gasteiger partial charge on any atom is -0.274 e. The zero-order valence-corrected chi connectivity index (χ0v) is 12.4. The van der Waals surface area contributed by atoms with Gasteiger partial charge in [0.2, 0.25) is 11.8 Å². The molecule has 0 saturated carbocycles. The van der Waals surface area contributed by atoms with Crippen molar-refractivity contribution in [2.24, 2.45) is 17.8 Å². The second-order valence-corrected chi connectivity index (χ2v) is 6.20. The monoisotopic (exact) mass is 291 g/mol. The average molecular weight is 291 g/mol. The highest BCUT2D eigenvalue weighted by Crippen LogP contribution is 2.40. The quantitative estimate of drug-likeness (QED) is 0.595. The van der Waals surface area contributed by atoms with Crippen molar-refractivity contribution in [3.8, 4) is 0 Å². The van der Waals surface area contributed by atoms with Gasteiger partial charge in [0.25, 0.3) is 0 Å². The molecule has 3 atom stereocenters. The van der Waals surface area contributed by atoms with E-state index in [4.69, 9.17) is 0 Å². The van der Waals surface area contributed by atoms with E-state index in [2.05, 4.69) is 6.08 Å². The van der Waals surface area contributed by atoms with Gasteiger partial charge in [0.05, 0.1) is 17.5 Å². The number of hydrogen-bond acceptors (Lipinski definition) is 2. The normalized spacial score (nSPS) is 27.5. The molecule has 1 aliphatic heterocycles. The van der Waals surface area contributed by atoms with E-state index in [9.17, 15) is 9.59 Å². The molecule has 1 fully saturated rings. The summed E-state index contributed by atoms with van der Waals surface area (Å²) in [6.07, 6.45) is 4.75. The van der Waals surface area contributed by atoms with Crippen LogP contribution in [-0.2, 0) is 9.59 Å². The van der Waals surface area contributed by atoms with Crippen LogP contribution in [0.3, 0.4) is 0 Å². The van der Waals surface area contributed by atoms with E-state index in [0.29, 0.717) is 12.1 Å². The summed E-state index contributed by atoms with van der Waals surface area (Å²) in [5.74, 6) is -0.382. The Balaban J connectivity index is 1.78. The predicted octanol–water partition coefficient (Wildman–Crippen LogP) is 3.54. The van der Waals surface area contributed by atoms with Crippen LogP contribution in [0, 0.1) is 17.8 Å². The van der Waals surface area contributed by atoms with Crippen molar-refractivity contribution < 1.29 is 9.59 Å². The Bertz CT molecular complexity index is 808. The molecule has 0 unspecified atom stereocenters. The standard InChI is InChI=1S/C19H17NO2/c1-12-5-4-8-16-17(12)19(22)20(18(16)21)15-10-9-13-6-2-3-7-14(13)11-15/h2-7,9-12,16-17H,8H2,1H3/t12-,16+,17-/m1/s1. The van der Waals surface area contributed by atoms with Gasteiger partial charge in [-0.05, 0) is 35.2 Å². The number of fused-ring (bicyclic) bond motifs is 2. The van der Waals surface area contributed by atoms with Crippen LogP contribution in [0.5, 0.6) is 0 Å². The molecule has 1 aliphatic carbocycles. The molecule has 110 valence electrons. The number of imide groups is 1. The van der Waals surface area contributed by atoms with Gasteiger partial charge in [0.15, 0.2) is 0 Å². The highest BCUT2D eigenvalue weighted by Gasteiger charge is 2.50. The average Bonchev–Trinajstić information content (AvgIpc) is 2.79. The molecule has 0 N–H and O–H groups in total. The summed E-state index contributed by atoms with van der Waals surface area (Å²) in [5.41, 5.74) is 0.690. The van der Waals surface area contributed by atoms with Crippen LogP contribution in [0.2, 0.25) is 0 Å². The van der Waals surface area contributed by atoms with E-state index in [1.807, 2.05) is 55.5 Å². The van der Waals surface area contributed by atoms with E-state index in [0.717, 1.165) is 10.8 Å². The molecule has 3 nitrogen and oxygen atoms in total. The lowest BCUT2D eigenvalue weighted by molar-refractivity contribution is -0.122. The maximum atomic E-state index is 12.8. The third-order valence-corrected chi connectivity index (χ3v) is 4.86. The summed E-state index contributed by atoms with van der Waals surface area (Å²) >= 11 is 0. The molecule has 0 spiro atoms. The molecule has 2 aliphatic rings. The Morgan fingerprint density at radius 2 is 1.77 bits per heavy atom. The molecule has 0 aromatic heterocycles. The summed E-state index contributed by atoms with van der Waals surface area (Å²) in [5, 5.41) is 2.15. The molecule has 1 saturated heterocycles. The van der Waals surface area contributed by atoms with Crippen LogP contribution in [0.1, 0.15) is 13.3 Å². The van der Waals surface area contributed by atoms with Crippen molar-refractivity contribution >= 4 is 28.3 Å². The lowest BCUT2D eigenvalue weighted by Crippen LogP contribution is -2.31. The number of carbonyl (C=O) groups is 2. The Morgan fingerprint density at radius 1 is 1.00 bits per heavy atom. The van der Waals surface area contributed by atoms with E-state index in [-0.39, 0.29) is 29.6 Å². The number of benzene rings is 2. The summed E-state index contributed by atoms with van der Waals surface area (Å²) in [7, 11) is 0. The Kier molecular flexibility index (Phi) is 2.89. The SMILES string of the molecule is C[C@@H]1C=CC[C@@H]2C(=O)N(c3ccc4ccccc4c3)C(=O)[C@H]12. The van der Waals surface area contributed by atoms with Crippen molar-refractivity contribution in [1.82, 2.24) is 0 Å². The summed E-state index contributed by atoms with van der Waals surface area (Å²) < 4.78 is 0. The summed E-state index contributed by atoms with van der Waals surface area (Å²) in [6.45, 7) is 2.02. The number of allylic oxidation sites excluding steroid dienone is 2. The van der Waals surface area contributed by atoms with Gasteiger partial charge in [0, 0.05) is 0 Å². The highest BCUT2D eigenvalue weighted by molar-refractivity contribution is 6.22. The summed E-state index contributed by atoms with van der Waals surface area (Å²) in [6, 6.07) is 13.7. The third kappa shape index (κ3) is 1.82. The van der Waals surface area contributed by atoms with Gasteiger partial charge in [-0.25, -0.2) is 0 Å². The largest absolute Gasteiger partial charge is 0.274 e. The van der Waals surface area contributed by atoms with Crippen molar-refractivity contribution in [3.63, 3.8) is 0 Å². The lowest BCUT2D eigenvalue weighted by Gasteiger charge is -2.22. The Hall–Kier alpha value is -2.42. The van der Waals surface area contributed by atoms with Crippen molar-refractivity contribution in [2.45, 2.75) is 13.3 Å². The minimum atomic E-state index is -0.205. The number of anilines is 1. The molecular formula is C19H17NO2. The molecule has 0 bridgehead atoms. The molecule has 2 amide bonds. The number of hydrogen-bond donors (Lipinski definition) is 0. The van der Waals surface area contributed by atoms with Crippen molar-refractivity contribution in [1.29, 1.82) is 0 Å². The van der Waals surface area contributed by atoms with Crippen LogP contribution in [0.15, 0.2) is 54.6 Å². The third-order valence-electron chi connectivity index (χ3n) is 4.86. The fourth-order valence-corrected chi connectivity index (χ4v) is 3.72. The van der Waals surface area contributed by atoms with Crippen molar-refractivity contribution in [3.05, 3.63) is 54.6 Å². The molecular weight excluding hydrogens is 274 g/mol. The first-order chi connectivity index (χ1) is 10.7. The molecule has 1 heterocycles. The van der Waals surface area contributed by atoms with Crippen LogP contribution >= 0.6 is 0 Å². The number of rotatable bonds is 1. The first kappa shape index (κ1) is 13.3. The maximum absolute atomic E-state index is 12.8. The van der Waals surface area contributed by atoms with Crippen LogP contribution < -0.4 is 4.90 Å². The zero-order valence-electron chi connectivity index (χ0n) is 12.4. The number of carbonyl (C=O) groups excluding carboxylic acids is 2. The van der Waals surface area contributed by atoms with Gasteiger partial charge in [-0.3, -0.25) is 14.5 Å². The van der Waals surface area contributed by atoms with Crippen LogP contribution in [0.4, 0.5) is 5.69 Å². The molecule has 4 rings (SSSR count). The second-order valence-electron chi connectivity index (χ2n) is 6.20.